The molecule has 338 valence electrons. The first-order valence-corrected chi connectivity index (χ1v) is 23.3. The second-order valence-corrected chi connectivity index (χ2v) is 21.8. The zero-order valence-corrected chi connectivity index (χ0v) is 41.1. The Morgan fingerprint density at radius 3 is 1.79 bits per heavy atom. The smallest absolute Gasteiger partial charge is 0.149 e. The Morgan fingerprint density at radius 2 is 1.17 bits per heavy atom. The van der Waals surface area contributed by atoms with E-state index in [0.717, 1.165) is 61.3 Å². The normalized spacial score (nSPS) is 14.2. The zero-order chi connectivity index (χ0) is 52.6. The molecule has 66 heavy (non-hydrogen) atoms. The van der Waals surface area contributed by atoms with Gasteiger partial charge in [-0.3, -0.25) is 9.55 Å². The van der Waals surface area contributed by atoms with E-state index < -0.39 is 13.7 Å². The van der Waals surface area contributed by atoms with Crippen molar-refractivity contribution in [2.24, 2.45) is 0 Å². The highest BCUT2D eigenvalue weighted by Crippen LogP contribution is 2.44. The van der Waals surface area contributed by atoms with Gasteiger partial charge in [-0.25, -0.2) is 4.98 Å². The number of imidazole rings is 1. The van der Waals surface area contributed by atoms with Gasteiger partial charge in [-0.2, -0.15) is 0 Å². The molecular weight excluding hydrogens is 803 g/mol. The van der Waals surface area contributed by atoms with E-state index in [1.54, 1.807) is 18.3 Å². The van der Waals surface area contributed by atoms with Crippen LogP contribution in [-0.2, 0) is 16.2 Å². The molecule has 0 atom stereocenters. The van der Waals surface area contributed by atoms with E-state index in [9.17, 15) is 5.11 Å². The first-order valence-electron chi connectivity index (χ1n) is 26.3. The second-order valence-electron chi connectivity index (χ2n) is 21.8. The molecule has 0 spiro atoms. The van der Waals surface area contributed by atoms with E-state index >= 15 is 0 Å². The van der Waals surface area contributed by atoms with Crippen molar-refractivity contribution in [1.29, 1.82) is 0 Å². The molecule has 4 nitrogen and oxygen atoms in total. The minimum absolute atomic E-state index is 0.00543. The van der Waals surface area contributed by atoms with Crippen LogP contribution in [0.25, 0.3) is 72.7 Å². The summed E-state index contributed by atoms with van der Waals surface area (Å²) in [5, 5.41) is 12.4. The van der Waals surface area contributed by atoms with Gasteiger partial charge in [0, 0.05) is 25.5 Å². The van der Waals surface area contributed by atoms with Crippen LogP contribution in [-0.4, -0.2) is 19.6 Å². The Bertz CT molecular complexity index is 3300. The van der Waals surface area contributed by atoms with Crippen LogP contribution < -0.4 is 0 Å². The molecule has 0 amide bonds. The molecule has 2 heterocycles. The quantitative estimate of drug-likeness (QED) is 0.165. The van der Waals surface area contributed by atoms with Crippen LogP contribution in [0.3, 0.4) is 0 Å². The highest BCUT2D eigenvalue weighted by Gasteiger charge is 2.26. The molecular formula is C62H69N3O. The Kier molecular flexibility index (Phi) is 10.1. The molecule has 0 fully saturated rings. The number of hydrogen-bond acceptors (Lipinski definition) is 3. The topological polar surface area (TPSA) is 50.9 Å². The molecule has 0 radical (unpaired) electrons. The van der Waals surface area contributed by atoms with Crippen LogP contribution in [0, 0.1) is 13.7 Å². The van der Waals surface area contributed by atoms with Crippen LogP contribution in [0.1, 0.15) is 149 Å². The summed E-state index contributed by atoms with van der Waals surface area (Å²) >= 11 is 0. The second kappa shape index (κ2) is 17.2. The lowest BCUT2D eigenvalue weighted by Crippen LogP contribution is -2.16. The van der Waals surface area contributed by atoms with Crippen molar-refractivity contribution in [2.75, 3.05) is 0 Å². The highest BCUT2D eigenvalue weighted by atomic mass is 16.3. The first kappa shape index (κ1) is 39.0. The Morgan fingerprint density at radius 1 is 0.545 bits per heavy atom. The van der Waals surface area contributed by atoms with Crippen molar-refractivity contribution in [3.05, 3.63) is 166 Å². The molecule has 8 aromatic rings. The third-order valence-electron chi connectivity index (χ3n) is 13.0. The monoisotopic (exact) mass is 878 g/mol. The summed E-state index contributed by atoms with van der Waals surface area (Å²) < 4.78 is 53.0. The predicted octanol–water partition coefficient (Wildman–Crippen LogP) is 17.2. The Hall–Kier alpha value is -6.26. The van der Waals surface area contributed by atoms with Crippen molar-refractivity contribution in [3.8, 4) is 67.5 Å². The van der Waals surface area contributed by atoms with Crippen LogP contribution in [0.4, 0.5) is 0 Å². The van der Waals surface area contributed by atoms with E-state index in [-0.39, 0.29) is 45.0 Å². The Balaban J connectivity index is 1.41. The molecule has 0 aliphatic rings. The SMILES string of the molecule is [2H]C([2H])([2H])c1ccc(-c2ccnc(-c3cc(-c4cccc5c4nc(-c4cc(C(C)C)cc(C(C)C)c4O)n5-c4ccc(-c5cc(C(C)(C)C)cc(C(C)(C)C)c5)cc4C([2H])([2H])[2H])cc(C(C)(C)C)c3)c2)cc1. The molecule has 8 rings (SSSR count). The van der Waals surface area contributed by atoms with Gasteiger partial charge in [0.25, 0.3) is 0 Å². The van der Waals surface area contributed by atoms with Gasteiger partial charge in [0.15, 0.2) is 0 Å². The number of aromatic hydroxyl groups is 1. The molecule has 1 N–H and O–H groups in total. The summed E-state index contributed by atoms with van der Waals surface area (Å²) in [7, 11) is 0. The number of fused-ring (bicyclic) bond motifs is 1. The first-order chi connectivity index (χ1) is 33.4. The van der Waals surface area contributed by atoms with Gasteiger partial charge in [-0.1, -0.05) is 168 Å². The van der Waals surface area contributed by atoms with Gasteiger partial charge in [0.05, 0.1) is 28.0 Å². The molecule has 2 aromatic heterocycles. The maximum Gasteiger partial charge on any atom is 0.149 e. The van der Waals surface area contributed by atoms with Gasteiger partial charge in [0.1, 0.15) is 11.6 Å². The fourth-order valence-electron chi connectivity index (χ4n) is 8.75. The average Bonchev–Trinajstić information content (AvgIpc) is 3.69. The van der Waals surface area contributed by atoms with Crippen LogP contribution in [0.15, 0.2) is 128 Å². The number of rotatable bonds is 8. The van der Waals surface area contributed by atoms with Crippen molar-refractivity contribution in [2.45, 2.75) is 132 Å². The highest BCUT2D eigenvalue weighted by molar-refractivity contribution is 5.97. The number of aromatic nitrogens is 3. The van der Waals surface area contributed by atoms with E-state index in [1.165, 1.54) is 11.1 Å². The molecule has 0 saturated heterocycles. The van der Waals surface area contributed by atoms with Gasteiger partial charge < -0.3 is 5.11 Å². The van der Waals surface area contributed by atoms with Gasteiger partial charge >= 0.3 is 0 Å². The van der Waals surface area contributed by atoms with Gasteiger partial charge in [-0.15, -0.1) is 0 Å². The number of para-hydroxylation sites is 1. The van der Waals surface area contributed by atoms with Gasteiger partial charge in [-0.05, 0) is 152 Å². The molecule has 0 aliphatic carbocycles. The minimum Gasteiger partial charge on any atom is -0.507 e. The predicted molar refractivity (Wildman–Crippen MR) is 281 cm³/mol. The number of phenolic OH excluding ortho intramolecular Hbond substituents is 1. The van der Waals surface area contributed by atoms with Crippen molar-refractivity contribution in [3.63, 3.8) is 0 Å². The summed E-state index contributed by atoms with van der Waals surface area (Å²) in [4.78, 5) is 10.4. The number of phenols is 1. The fourth-order valence-corrected chi connectivity index (χ4v) is 8.75. The maximum atomic E-state index is 12.4. The molecule has 0 saturated carbocycles. The van der Waals surface area contributed by atoms with E-state index in [2.05, 4.69) is 139 Å². The number of aryl methyl sites for hydroxylation is 2. The van der Waals surface area contributed by atoms with Crippen LogP contribution in [0.2, 0.25) is 0 Å². The summed E-state index contributed by atoms with van der Waals surface area (Å²) in [6, 6.07) is 39.9. The van der Waals surface area contributed by atoms with Crippen LogP contribution >= 0.6 is 0 Å². The van der Waals surface area contributed by atoms with Crippen molar-refractivity contribution < 1.29 is 13.3 Å². The number of nitrogens with zero attached hydrogens (tertiary/aromatic N) is 3. The summed E-state index contributed by atoms with van der Waals surface area (Å²) in [6.07, 6.45) is 1.78. The third-order valence-corrected chi connectivity index (χ3v) is 13.0. The fraction of sp³-hybridized carbons (Fsp3) is 0.323. The van der Waals surface area contributed by atoms with Gasteiger partial charge in [0.2, 0.25) is 0 Å². The lowest BCUT2D eigenvalue weighted by atomic mass is 9.79. The van der Waals surface area contributed by atoms with E-state index in [1.807, 2.05) is 65.2 Å². The number of pyridine rings is 1. The minimum atomic E-state index is -2.54. The average molecular weight is 878 g/mol. The molecule has 0 aliphatic heterocycles. The summed E-state index contributed by atoms with van der Waals surface area (Å²) in [5.74, 6) is 0.681. The lowest BCUT2D eigenvalue weighted by Gasteiger charge is -2.26. The van der Waals surface area contributed by atoms with Crippen molar-refractivity contribution in [1.82, 2.24) is 14.5 Å². The third kappa shape index (κ3) is 9.12. The summed E-state index contributed by atoms with van der Waals surface area (Å²) in [5.41, 5.74) is 14.4. The maximum absolute atomic E-state index is 12.4. The Labute approximate surface area is 403 Å². The van der Waals surface area contributed by atoms with Crippen molar-refractivity contribution >= 4 is 11.0 Å². The molecule has 6 aromatic carbocycles. The number of hydrogen-bond donors (Lipinski definition) is 1. The molecule has 4 heteroatoms. The van der Waals surface area contributed by atoms with E-state index in [4.69, 9.17) is 18.2 Å². The largest absolute Gasteiger partial charge is 0.507 e. The van der Waals surface area contributed by atoms with Crippen LogP contribution in [0.5, 0.6) is 5.75 Å². The summed E-state index contributed by atoms with van der Waals surface area (Å²) in [6.45, 7) is 23.4. The number of benzene rings is 6. The zero-order valence-electron chi connectivity index (χ0n) is 47.1. The lowest BCUT2D eigenvalue weighted by molar-refractivity contribution is 0.466. The molecule has 0 bridgehead atoms. The molecule has 0 unspecified atom stereocenters. The standard InChI is InChI=1S/C62H69N3O/c1-37(2)44-33-52(38(3)4)58(66)53(34-44)59-64-57-51(46-28-47(32-48(31-46)60(7,8)9)54-35-43(25-26-63-54)41-21-19-39(5)20-22-41)17-16-18-56(57)65(59)55-24-23-42(27-40(55)6)45-29-49(61(10,11)12)36-50(30-45)62(13,14)15/h16-38,66H,1-15H3/i5D3,6D3. The van der Waals surface area contributed by atoms with E-state index in [0.29, 0.717) is 28.1 Å².